The van der Waals surface area contributed by atoms with Crippen LogP contribution < -0.4 is 10.6 Å². The number of likely N-dealkylation sites (tertiary alicyclic amines) is 1. The van der Waals surface area contributed by atoms with E-state index < -0.39 is 6.04 Å². The second kappa shape index (κ2) is 8.12. The van der Waals surface area contributed by atoms with E-state index in [2.05, 4.69) is 21.6 Å². The van der Waals surface area contributed by atoms with Crippen LogP contribution in [0.3, 0.4) is 0 Å². The van der Waals surface area contributed by atoms with Crippen LogP contribution in [-0.4, -0.2) is 58.7 Å². The van der Waals surface area contributed by atoms with Gasteiger partial charge in [-0.15, -0.1) is 0 Å². The van der Waals surface area contributed by atoms with Crippen LogP contribution >= 0.6 is 0 Å². The van der Waals surface area contributed by atoms with E-state index in [0.717, 1.165) is 25.2 Å². The standard InChI is InChI=1S/C23H30N4O3/c28-21-10-9-20(22(29)25-21)27-14-17-15(5-3-6-16(17)23(27)30)13-26-12-4-7-18-19(26)8-1-2-11-24-18/h3,5-6,18-20,24H,1-2,4,7-14H2,(H,25,28,29)/t18-,19+,20?/m1/s1. The van der Waals surface area contributed by atoms with Crippen LogP contribution in [0.5, 0.6) is 0 Å². The molecule has 30 heavy (non-hydrogen) atoms. The summed E-state index contributed by atoms with van der Waals surface area (Å²) in [6.45, 7) is 3.52. The van der Waals surface area contributed by atoms with E-state index >= 15 is 0 Å². The molecule has 4 aliphatic heterocycles. The number of hydrogen-bond donors (Lipinski definition) is 2. The molecule has 4 heterocycles. The molecule has 7 nitrogen and oxygen atoms in total. The van der Waals surface area contributed by atoms with Gasteiger partial charge in [-0.25, -0.2) is 0 Å². The summed E-state index contributed by atoms with van der Waals surface area (Å²) in [7, 11) is 0. The maximum absolute atomic E-state index is 13.1. The molecule has 0 radical (unpaired) electrons. The Morgan fingerprint density at radius 2 is 1.93 bits per heavy atom. The Balaban J connectivity index is 1.36. The topological polar surface area (TPSA) is 81.8 Å². The molecule has 160 valence electrons. The van der Waals surface area contributed by atoms with Gasteiger partial charge >= 0.3 is 0 Å². The molecule has 3 atom stereocenters. The lowest BCUT2D eigenvalue weighted by atomic mass is 9.92. The minimum absolute atomic E-state index is 0.0889. The summed E-state index contributed by atoms with van der Waals surface area (Å²) in [4.78, 5) is 41.2. The molecule has 7 heteroatoms. The number of nitrogens with zero attached hydrogens (tertiary/aromatic N) is 2. The van der Waals surface area contributed by atoms with Crippen molar-refractivity contribution < 1.29 is 14.4 Å². The monoisotopic (exact) mass is 410 g/mol. The highest BCUT2D eigenvalue weighted by atomic mass is 16.2. The molecule has 2 N–H and O–H groups in total. The summed E-state index contributed by atoms with van der Waals surface area (Å²) in [6.07, 6.45) is 6.87. The Labute approximate surface area is 177 Å². The molecule has 4 aliphatic rings. The zero-order valence-corrected chi connectivity index (χ0v) is 17.4. The lowest BCUT2D eigenvalue weighted by Gasteiger charge is -2.41. The number of piperidine rings is 2. The highest BCUT2D eigenvalue weighted by Crippen LogP contribution is 2.32. The third-order valence-corrected chi connectivity index (χ3v) is 7.28. The number of benzene rings is 1. The van der Waals surface area contributed by atoms with Gasteiger partial charge in [0.15, 0.2) is 0 Å². The molecular formula is C23H30N4O3. The zero-order valence-electron chi connectivity index (χ0n) is 17.4. The lowest BCUT2D eigenvalue weighted by molar-refractivity contribution is -0.136. The normalized spacial score (nSPS) is 29.9. The molecule has 1 unspecified atom stereocenters. The zero-order chi connectivity index (χ0) is 20.7. The summed E-state index contributed by atoms with van der Waals surface area (Å²) < 4.78 is 0. The van der Waals surface area contributed by atoms with Gasteiger partial charge in [-0.2, -0.15) is 0 Å². The molecule has 0 aliphatic carbocycles. The summed E-state index contributed by atoms with van der Waals surface area (Å²) in [6, 6.07) is 6.54. The molecule has 1 aromatic rings. The van der Waals surface area contributed by atoms with Gasteiger partial charge < -0.3 is 10.2 Å². The molecule has 3 saturated heterocycles. The Kier molecular flexibility index (Phi) is 5.33. The first-order chi connectivity index (χ1) is 14.6. The number of imide groups is 1. The van der Waals surface area contributed by atoms with Crippen LogP contribution in [0.1, 0.15) is 66.4 Å². The van der Waals surface area contributed by atoms with Crippen molar-refractivity contribution in [2.24, 2.45) is 0 Å². The maximum atomic E-state index is 13.1. The molecule has 5 rings (SSSR count). The summed E-state index contributed by atoms with van der Waals surface area (Å²) in [5, 5.41) is 6.13. The third kappa shape index (κ3) is 3.54. The third-order valence-electron chi connectivity index (χ3n) is 7.28. The smallest absolute Gasteiger partial charge is 0.255 e. The van der Waals surface area contributed by atoms with Crippen molar-refractivity contribution in [1.29, 1.82) is 0 Å². The number of rotatable bonds is 3. The van der Waals surface area contributed by atoms with Gasteiger partial charge in [-0.1, -0.05) is 18.6 Å². The fraction of sp³-hybridized carbons (Fsp3) is 0.609. The number of amides is 3. The van der Waals surface area contributed by atoms with Crippen molar-refractivity contribution in [3.05, 3.63) is 34.9 Å². The Morgan fingerprint density at radius 3 is 2.80 bits per heavy atom. The van der Waals surface area contributed by atoms with Crippen LogP contribution in [0.4, 0.5) is 0 Å². The summed E-state index contributed by atoms with van der Waals surface area (Å²) in [5.41, 5.74) is 2.96. The fourth-order valence-electron chi connectivity index (χ4n) is 5.73. The van der Waals surface area contributed by atoms with Gasteiger partial charge in [0.2, 0.25) is 11.8 Å². The number of nitrogens with one attached hydrogen (secondary N) is 2. The molecular weight excluding hydrogens is 380 g/mol. The van der Waals surface area contributed by atoms with Crippen molar-refractivity contribution in [2.45, 2.75) is 76.2 Å². The molecule has 1 aromatic carbocycles. The van der Waals surface area contributed by atoms with Gasteiger partial charge in [-0.3, -0.25) is 24.6 Å². The van der Waals surface area contributed by atoms with Crippen molar-refractivity contribution in [3.8, 4) is 0 Å². The Bertz CT molecular complexity index is 870. The number of carbonyl (C=O) groups is 3. The van der Waals surface area contributed by atoms with Crippen molar-refractivity contribution >= 4 is 17.7 Å². The molecule has 0 saturated carbocycles. The van der Waals surface area contributed by atoms with Gasteiger partial charge in [0, 0.05) is 37.2 Å². The van der Waals surface area contributed by atoms with Crippen LogP contribution in [-0.2, 0) is 22.7 Å². The minimum atomic E-state index is -0.555. The molecule has 3 fully saturated rings. The summed E-state index contributed by atoms with van der Waals surface area (Å²) >= 11 is 0. The SMILES string of the molecule is O=C1CCC(N2Cc3c(CN4CCC[C@H]5NCCCC[C@@H]54)cccc3C2=O)C(=O)N1. The average Bonchev–Trinajstić information content (AvgIpc) is 2.91. The van der Waals surface area contributed by atoms with Gasteiger partial charge in [0.05, 0.1) is 0 Å². The highest BCUT2D eigenvalue weighted by molar-refractivity contribution is 6.05. The molecule has 0 bridgehead atoms. The van der Waals surface area contributed by atoms with E-state index in [-0.39, 0.29) is 24.1 Å². The van der Waals surface area contributed by atoms with Crippen molar-refractivity contribution in [2.75, 3.05) is 13.1 Å². The van der Waals surface area contributed by atoms with Gasteiger partial charge in [-0.05, 0) is 62.4 Å². The second-order valence-electron chi connectivity index (χ2n) is 9.08. The minimum Gasteiger partial charge on any atom is -0.322 e. The average molecular weight is 411 g/mol. The number of hydrogen-bond acceptors (Lipinski definition) is 5. The highest BCUT2D eigenvalue weighted by Gasteiger charge is 2.40. The quantitative estimate of drug-likeness (QED) is 0.739. The van der Waals surface area contributed by atoms with Crippen LogP contribution in [0.25, 0.3) is 0 Å². The second-order valence-corrected chi connectivity index (χ2v) is 9.08. The van der Waals surface area contributed by atoms with E-state index in [1.165, 1.54) is 37.7 Å². The summed E-state index contributed by atoms with van der Waals surface area (Å²) in [5.74, 6) is -0.691. The maximum Gasteiger partial charge on any atom is 0.255 e. The number of fused-ring (bicyclic) bond motifs is 2. The molecule has 0 spiro atoms. The Hall–Kier alpha value is -2.25. The molecule has 3 amide bonds. The van der Waals surface area contributed by atoms with Crippen molar-refractivity contribution in [3.63, 3.8) is 0 Å². The first-order valence-electron chi connectivity index (χ1n) is 11.3. The lowest BCUT2D eigenvalue weighted by Crippen LogP contribution is -2.52. The van der Waals surface area contributed by atoms with E-state index in [1.807, 2.05) is 12.1 Å². The Morgan fingerprint density at radius 1 is 1.03 bits per heavy atom. The fourth-order valence-corrected chi connectivity index (χ4v) is 5.73. The van der Waals surface area contributed by atoms with Crippen LogP contribution in [0.15, 0.2) is 18.2 Å². The van der Waals surface area contributed by atoms with Crippen LogP contribution in [0.2, 0.25) is 0 Å². The van der Waals surface area contributed by atoms with Crippen molar-refractivity contribution in [1.82, 2.24) is 20.4 Å². The van der Waals surface area contributed by atoms with E-state index in [1.54, 1.807) is 4.90 Å². The van der Waals surface area contributed by atoms with Crippen LogP contribution in [0, 0.1) is 0 Å². The van der Waals surface area contributed by atoms with E-state index in [9.17, 15) is 14.4 Å². The number of carbonyl (C=O) groups excluding carboxylic acids is 3. The first kappa shape index (κ1) is 19.7. The predicted molar refractivity (Wildman–Crippen MR) is 112 cm³/mol. The van der Waals surface area contributed by atoms with Gasteiger partial charge in [0.1, 0.15) is 6.04 Å². The van der Waals surface area contributed by atoms with E-state index in [4.69, 9.17) is 0 Å². The largest absolute Gasteiger partial charge is 0.322 e. The van der Waals surface area contributed by atoms with E-state index in [0.29, 0.717) is 30.6 Å². The van der Waals surface area contributed by atoms with Gasteiger partial charge in [0.25, 0.3) is 5.91 Å². The first-order valence-corrected chi connectivity index (χ1v) is 11.3. The predicted octanol–water partition coefficient (Wildman–Crippen LogP) is 1.55. The molecule has 0 aromatic heterocycles.